The van der Waals surface area contributed by atoms with Crippen LogP contribution in [-0.2, 0) is 4.79 Å². The van der Waals surface area contributed by atoms with Gasteiger partial charge in [0.15, 0.2) is 0 Å². The van der Waals surface area contributed by atoms with E-state index in [9.17, 15) is 27.6 Å². The summed E-state index contributed by atoms with van der Waals surface area (Å²) in [5.41, 5.74) is 3.60. The standard InChI is InChI=1S/C31H42F3N3O5/c1-20(2)24-12-10-22(5)18-26(24)41-29(39)35-14-7-8-16-37(28(38)31(32,33)34)17-9-15-36-30(40)42-27-19-23(6)11-13-25(27)21(3)4/h10-13,18-21H,7-9,14-17H2,1-6H3,(H,35,39)(H,36,40). The van der Waals surface area contributed by atoms with Crippen LogP contribution in [0, 0.1) is 13.8 Å². The van der Waals surface area contributed by atoms with E-state index in [1.165, 1.54) is 0 Å². The lowest BCUT2D eigenvalue weighted by molar-refractivity contribution is -0.185. The molecule has 0 aliphatic carbocycles. The molecule has 2 rings (SSSR count). The number of carbonyl (C=O) groups is 3. The van der Waals surface area contributed by atoms with Crippen LogP contribution in [0.1, 0.15) is 81.0 Å². The minimum atomic E-state index is -5.02. The van der Waals surface area contributed by atoms with Crippen molar-refractivity contribution in [1.29, 1.82) is 0 Å². The number of aryl methyl sites for hydroxylation is 2. The topological polar surface area (TPSA) is 97.0 Å². The Bertz CT molecular complexity index is 1210. The van der Waals surface area contributed by atoms with Gasteiger partial charge in [0, 0.05) is 26.2 Å². The van der Waals surface area contributed by atoms with Gasteiger partial charge in [-0.05, 0) is 79.3 Å². The summed E-state index contributed by atoms with van der Waals surface area (Å²) in [6.45, 7) is 11.5. The van der Waals surface area contributed by atoms with Crippen molar-refractivity contribution in [2.24, 2.45) is 0 Å². The molecular weight excluding hydrogens is 551 g/mol. The van der Waals surface area contributed by atoms with Crippen LogP contribution in [0.15, 0.2) is 36.4 Å². The Morgan fingerprint density at radius 1 is 0.738 bits per heavy atom. The first kappa shape index (κ1) is 34.4. The number of ether oxygens (including phenoxy) is 2. The summed E-state index contributed by atoms with van der Waals surface area (Å²) in [6, 6.07) is 11.2. The number of halogens is 3. The van der Waals surface area contributed by atoms with E-state index in [0.717, 1.165) is 22.3 Å². The van der Waals surface area contributed by atoms with Crippen molar-refractivity contribution in [3.8, 4) is 11.5 Å². The molecule has 8 nitrogen and oxygen atoms in total. The van der Waals surface area contributed by atoms with E-state index in [2.05, 4.69) is 10.6 Å². The highest BCUT2D eigenvalue weighted by Crippen LogP contribution is 2.28. The van der Waals surface area contributed by atoms with E-state index in [1.54, 1.807) is 12.1 Å². The van der Waals surface area contributed by atoms with E-state index < -0.39 is 24.3 Å². The van der Waals surface area contributed by atoms with Gasteiger partial charge in [-0.2, -0.15) is 13.2 Å². The highest BCUT2D eigenvalue weighted by Gasteiger charge is 2.42. The van der Waals surface area contributed by atoms with Crippen molar-refractivity contribution >= 4 is 18.1 Å². The number of alkyl halides is 3. The highest BCUT2D eigenvalue weighted by atomic mass is 19.4. The van der Waals surface area contributed by atoms with E-state index >= 15 is 0 Å². The quantitative estimate of drug-likeness (QED) is 0.244. The minimum Gasteiger partial charge on any atom is -0.410 e. The van der Waals surface area contributed by atoms with E-state index in [-0.39, 0.29) is 50.9 Å². The fourth-order valence-electron chi connectivity index (χ4n) is 4.26. The van der Waals surface area contributed by atoms with Crippen LogP contribution in [0.4, 0.5) is 22.8 Å². The van der Waals surface area contributed by atoms with Crippen molar-refractivity contribution in [2.75, 3.05) is 26.2 Å². The molecule has 0 aliphatic rings. The van der Waals surface area contributed by atoms with Gasteiger partial charge in [-0.1, -0.05) is 52.0 Å². The molecule has 0 heterocycles. The van der Waals surface area contributed by atoms with Gasteiger partial charge in [0.05, 0.1) is 0 Å². The van der Waals surface area contributed by atoms with Crippen molar-refractivity contribution in [2.45, 2.75) is 78.8 Å². The van der Waals surface area contributed by atoms with Gasteiger partial charge in [0.2, 0.25) is 0 Å². The molecule has 0 aromatic heterocycles. The molecule has 232 valence electrons. The van der Waals surface area contributed by atoms with Gasteiger partial charge in [0.25, 0.3) is 0 Å². The summed E-state index contributed by atoms with van der Waals surface area (Å²) in [7, 11) is 0. The van der Waals surface area contributed by atoms with E-state index in [1.807, 2.05) is 65.8 Å². The normalized spacial score (nSPS) is 11.4. The summed E-state index contributed by atoms with van der Waals surface area (Å²) in [6.07, 6.45) is -5.74. The molecule has 0 saturated carbocycles. The van der Waals surface area contributed by atoms with Crippen LogP contribution >= 0.6 is 0 Å². The van der Waals surface area contributed by atoms with Crippen LogP contribution in [-0.4, -0.2) is 55.3 Å². The molecule has 0 atom stereocenters. The Labute approximate surface area is 245 Å². The second kappa shape index (κ2) is 16.0. The molecule has 0 saturated heterocycles. The lowest BCUT2D eigenvalue weighted by Gasteiger charge is -2.24. The molecule has 11 heteroatoms. The first-order valence-corrected chi connectivity index (χ1v) is 14.2. The van der Waals surface area contributed by atoms with Crippen LogP contribution in [0.25, 0.3) is 0 Å². The zero-order valence-electron chi connectivity index (χ0n) is 25.2. The molecule has 0 aliphatic heterocycles. The molecule has 42 heavy (non-hydrogen) atoms. The maximum atomic E-state index is 13.2. The van der Waals surface area contributed by atoms with Gasteiger partial charge in [-0.3, -0.25) is 4.79 Å². The van der Waals surface area contributed by atoms with E-state index in [4.69, 9.17) is 9.47 Å². The van der Waals surface area contributed by atoms with Gasteiger partial charge in [-0.25, -0.2) is 9.59 Å². The molecule has 0 unspecified atom stereocenters. The summed E-state index contributed by atoms with van der Waals surface area (Å²) in [5, 5.41) is 5.13. The summed E-state index contributed by atoms with van der Waals surface area (Å²) >= 11 is 0. The lowest BCUT2D eigenvalue weighted by Crippen LogP contribution is -2.43. The third-order valence-electron chi connectivity index (χ3n) is 6.52. The molecule has 2 aromatic rings. The smallest absolute Gasteiger partial charge is 0.410 e. The fourth-order valence-corrected chi connectivity index (χ4v) is 4.26. The second-order valence-electron chi connectivity index (χ2n) is 10.9. The average molecular weight is 594 g/mol. The minimum absolute atomic E-state index is 0.0218. The lowest BCUT2D eigenvalue weighted by atomic mass is 10.0. The van der Waals surface area contributed by atoms with Crippen LogP contribution in [0.5, 0.6) is 11.5 Å². The number of nitrogens with one attached hydrogen (secondary N) is 2. The maximum Gasteiger partial charge on any atom is 0.471 e. The van der Waals surface area contributed by atoms with Gasteiger partial charge >= 0.3 is 24.3 Å². The fraction of sp³-hybridized carbons (Fsp3) is 0.516. The summed E-state index contributed by atoms with van der Waals surface area (Å²) < 4.78 is 50.3. The third-order valence-corrected chi connectivity index (χ3v) is 6.52. The Balaban J connectivity index is 1.81. The molecular formula is C31H42F3N3O5. The Morgan fingerprint density at radius 2 is 1.17 bits per heavy atom. The van der Waals surface area contributed by atoms with Crippen LogP contribution in [0.3, 0.4) is 0 Å². The summed E-state index contributed by atoms with van der Waals surface area (Å²) in [5.74, 6) is -0.784. The molecule has 3 amide bonds. The van der Waals surface area contributed by atoms with Crippen molar-refractivity contribution < 1.29 is 37.0 Å². The zero-order valence-corrected chi connectivity index (χ0v) is 25.2. The highest BCUT2D eigenvalue weighted by molar-refractivity contribution is 5.81. The Hall–Kier alpha value is -3.76. The van der Waals surface area contributed by atoms with Crippen LogP contribution < -0.4 is 20.1 Å². The molecule has 0 bridgehead atoms. The molecule has 0 radical (unpaired) electrons. The first-order valence-electron chi connectivity index (χ1n) is 14.2. The number of benzene rings is 2. The first-order chi connectivity index (χ1) is 19.7. The summed E-state index contributed by atoms with van der Waals surface area (Å²) in [4.78, 5) is 37.2. The predicted molar refractivity (Wildman–Crippen MR) is 155 cm³/mol. The van der Waals surface area contributed by atoms with Gasteiger partial charge in [-0.15, -0.1) is 0 Å². The van der Waals surface area contributed by atoms with E-state index in [0.29, 0.717) is 22.8 Å². The Morgan fingerprint density at radius 3 is 1.60 bits per heavy atom. The number of unbranched alkanes of at least 4 members (excludes halogenated alkanes) is 1. The van der Waals surface area contributed by atoms with Crippen molar-refractivity contribution in [3.63, 3.8) is 0 Å². The number of rotatable bonds is 13. The Kier molecular flexibility index (Phi) is 13.1. The molecule has 2 N–H and O–H groups in total. The number of amides is 3. The van der Waals surface area contributed by atoms with Gasteiger partial charge in [0.1, 0.15) is 11.5 Å². The predicted octanol–water partition coefficient (Wildman–Crippen LogP) is 6.99. The molecule has 0 fully saturated rings. The SMILES string of the molecule is Cc1ccc(C(C)C)c(OC(=O)NCCCCN(CCCNC(=O)Oc2cc(C)ccc2C(C)C)C(=O)C(F)(F)F)c1. The maximum absolute atomic E-state index is 13.2. The van der Waals surface area contributed by atoms with Gasteiger partial charge < -0.3 is 25.0 Å². The third kappa shape index (κ3) is 11.3. The molecule has 0 spiro atoms. The number of hydrogen-bond donors (Lipinski definition) is 2. The zero-order chi connectivity index (χ0) is 31.4. The average Bonchev–Trinajstić information content (AvgIpc) is 2.88. The van der Waals surface area contributed by atoms with Crippen LogP contribution in [0.2, 0.25) is 0 Å². The molecule has 2 aromatic carbocycles. The second-order valence-corrected chi connectivity index (χ2v) is 10.9. The largest absolute Gasteiger partial charge is 0.471 e. The number of nitrogens with zero attached hydrogens (tertiary/aromatic N) is 1. The number of carbonyl (C=O) groups excluding carboxylic acids is 3. The number of hydrogen-bond acceptors (Lipinski definition) is 5. The van der Waals surface area contributed by atoms with Crippen molar-refractivity contribution in [3.05, 3.63) is 58.7 Å². The van der Waals surface area contributed by atoms with Crippen molar-refractivity contribution in [1.82, 2.24) is 15.5 Å². The monoisotopic (exact) mass is 593 g/mol.